The summed E-state index contributed by atoms with van der Waals surface area (Å²) in [5.74, 6) is 0. The second-order valence-electron chi connectivity index (χ2n) is 5.39. The third-order valence-corrected chi connectivity index (χ3v) is 4.32. The number of aliphatic hydroxyl groups is 1. The van der Waals surface area contributed by atoms with Crippen molar-refractivity contribution in [3.05, 3.63) is 24.3 Å². The first-order chi connectivity index (χ1) is 8.77. The van der Waals surface area contributed by atoms with Crippen molar-refractivity contribution in [3.8, 4) is 0 Å². The molecule has 0 amide bonds. The molecule has 0 aliphatic heterocycles. The van der Waals surface area contributed by atoms with Gasteiger partial charge in [0.1, 0.15) is 0 Å². The Morgan fingerprint density at radius 2 is 2.05 bits per heavy atom. The van der Waals surface area contributed by atoms with Crippen LogP contribution in [0.1, 0.15) is 26.7 Å². The highest BCUT2D eigenvalue weighted by Gasteiger charge is 2.22. The van der Waals surface area contributed by atoms with Crippen LogP contribution in [-0.4, -0.2) is 26.7 Å². The van der Waals surface area contributed by atoms with Crippen molar-refractivity contribution in [2.45, 2.75) is 31.6 Å². The third kappa shape index (κ3) is 5.18. The van der Waals surface area contributed by atoms with Gasteiger partial charge in [0, 0.05) is 18.8 Å². The Morgan fingerprint density at radius 1 is 1.37 bits per heavy atom. The molecule has 0 spiro atoms. The third-order valence-electron chi connectivity index (χ3n) is 2.92. The molecule has 1 aromatic carbocycles. The molecule has 0 unspecified atom stereocenters. The minimum absolute atomic E-state index is 0.116. The van der Waals surface area contributed by atoms with Gasteiger partial charge in [0.05, 0.1) is 4.90 Å². The SMILES string of the molecule is CC(C)(CCCO)CNS(=O)(=O)c1cccc(N)c1. The van der Waals surface area contributed by atoms with E-state index in [1.165, 1.54) is 12.1 Å². The number of hydrogen-bond donors (Lipinski definition) is 3. The lowest BCUT2D eigenvalue weighted by Crippen LogP contribution is -2.34. The van der Waals surface area contributed by atoms with Crippen LogP contribution in [0.3, 0.4) is 0 Å². The predicted molar refractivity (Wildman–Crippen MR) is 76.1 cm³/mol. The number of sulfonamides is 1. The maximum Gasteiger partial charge on any atom is 0.240 e. The summed E-state index contributed by atoms with van der Waals surface area (Å²) in [6.45, 7) is 4.37. The second-order valence-corrected chi connectivity index (χ2v) is 7.16. The summed E-state index contributed by atoms with van der Waals surface area (Å²) in [6, 6.07) is 6.20. The van der Waals surface area contributed by atoms with E-state index >= 15 is 0 Å². The number of benzene rings is 1. The minimum atomic E-state index is -3.53. The molecule has 1 aromatic rings. The molecule has 5 nitrogen and oxygen atoms in total. The van der Waals surface area contributed by atoms with E-state index in [0.29, 0.717) is 18.7 Å². The predicted octanol–water partition coefficient (Wildman–Crippen LogP) is 1.35. The highest BCUT2D eigenvalue weighted by molar-refractivity contribution is 7.89. The topological polar surface area (TPSA) is 92.4 Å². The molecule has 0 atom stereocenters. The highest BCUT2D eigenvalue weighted by atomic mass is 32.2. The van der Waals surface area contributed by atoms with Crippen LogP contribution in [0.5, 0.6) is 0 Å². The van der Waals surface area contributed by atoms with Crippen LogP contribution >= 0.6 is 0 Å². The van der Waals surface area contributed by atoms with E-state index in [2.05, 4.69) is 4.72 Å². The molecule has 0 saturated heterocycles. The summed E-state index contributed by atoms with van der Waals surface area (Å²) in [5, 5.41) is 8.81. The maximum absolute atomic E-state index is 12.1. The van der Waals surface area contributed by atoms with E-state index in [9.17, 15) is 8.42 Å². The maximum atomic E-state index is 12.1. The van der Waals surface area contributed by atoms with Crippen molar-refractivity contribution in [1.29, 1.82) is 0 Å². The molecule has 4 N–H and O–H groups in total. The van der Waals surface area contributed by atoms with Crippen molar-refractivity contribution in [3.63, 3.8) is 0 Å². The largest absolute Gasteiger partial charge is 0.399 e. The van der Waals surface area contributed by atoms with Crippen LogP contribution in [0.25, 0.3) is 0 Å². The van der Waals surface area contributed by atoms with Crippen molar-refractivity contribution < 1.29 is 13.5 Å². The lowest BCUT2D eigenvalue weighted by atomic mass is 9.88. The lowest BCUT2D eigenvalue weighted by molar-refractivity contribution is 0.242. The molecule has 108 valence electrons. The van der Waals surface area contributed by atoms with Gasteiger partial charge in [0.15, 0.2) is 0 Å². The van der Waals surface area contributed by atoms with Gasteiger partial charge in [-0.15, -0.1) is 0 Å². The molecule has 6 heteroatoms. The first kappa shape index (κ1) is 15.9. The molecule has 0 fully saturated rings. The van der Waals surface area contributed by atoms with E-state index in [4.69, 9.17) is 10.8 Å². The summed E-state index contributed by atoms with van der Waals surface area (Å²) in [5.41, 5.74) is 5.80. The zero-order valence-electron chi connectivity index (χ0n) is 11.4. The fraction of sp³-hybridized carbons (Fsp3) is 0.538. The van der Waals surface area contributed by atoms with Gasteiger partial charge in [-0.2, -0.15) is 0 Å². The fourth-order valence-electron chi connectivity index (χ4n) is 1.70. The average Bonchev–Trinajstić information content (AvgIpc) is 2.34. The number of anilines is 1. The summed E-state index contributed by atoms with van der Waals surface area (Å²) >= 11 is 0. The van der Waals surface area contributed by atoms with Crippen LogP contribution in [0.15, 0.2) is 29.2 Å². The molecule has 0 bridgehead atoms. The number of aliphatic hydroxyl groups excluding tert-OH is 1. The van der Waals surface area contributed by atoms with Crippen molar-refractivity contribution in [1.82, 2.24) is 4.72 Å². The number of nitrogens with two attached hydrogens (primary N) is 1. The summed E-state index contributed by atoms with van der Waals surface area (Å²) in [6.07, 6.45) is 1.41. The molecular formula is C13H22N2O3S. The number of hydrogen-bond acceptors (Lipinski definition) is 4. The summed E-state index contributed by atoms with van der Waals surface area (Å²) in [4.78, 5) is 0.172. The molecular weight excluding hydrogens is 264 g/mol. The van der Waals surface area contributed by atoms with Crippen LogP contribution in [0.4, 0.5) is 5.69 Å². The van der Waals surface area contributed by atoms with Gasteiger partial charge in [-0.25, -0.2) is 13.1 Å². The first-order valence-electron chi connectivity index (χ1n) is 6.23. The average molecular weight is 286 g/mol. The Balaban J connectivity index is 2.71. The molecule has 1 rings (SSSR count). The number of nitrogens with one attached hydrogen (secondary N) is 1. The Bertz CT molecular complexity index is 512. The van der Waals surface area contributed by atoms with Gasteiger partial charge < -0.3 is 10.8 Å². The molecule has 0 aliphatic carbocycles. The van der Waals surface area contributed by atoms with Crippen molar-refractivity contribution in [2.24, 2.45) is 5.41 Å². The van der Waals surface area contributed by atoms with E-state index in [-0.39, 0.29) is 16.9 Å². The van der Waals surface area contributed by atoms with Crippen molar-refractivity contribution >= 4 is 15.7 Å². The van der Waals surface area contributed by atoms with Gasteiger partial charge in [-0.05, 0) is 36.5 Å². The molecule has 0 radical (unpaired) electrons. The molecule has 0 aliphatic rings. The normalized spacial score (nSPS) is 12.6. The standard InChI is InChI=1S/C13H22N2O3S/c1-13(2,7-4-8-16)10-15-19(17,18)12-6-3-5-11(14)9-12/h3,5-6,9,15-16H,4,7-8,10,14H2,1-2H3. The van der Waals surface area contributed by atoms with E-state index in [1.54, 1.807) is 12.1 Å². The van der Waals surface area contributed by atoms with E-state index in [1.807, 2.05) is 13.8 Å². The van der Waals surface area contributed by atoms with Gasteiger partial charge in [-0.3, -0.25) is 0 Å². The monoisotopic (exact) mass is 286 g/mol. The van der Waals surface area contributed by atoms with Crippen LogP contribution in [-0.2, 0) is 10.0 Å². The fourth-order valence-corrected chi connectivity index (χ4v) is 3.00. The van der Waals surface area contributed by atoms with Crippen molar-refractivity contribution in [2.75, 3.05) is 18.9 Å². The molecule has 0 saturated carbocycles. The molecule has 0 heterocycles. The van der Waals surface area contributed by atoms with E-state index in [0.717, 1.165) is 6.42 Å². The van der Waals surface area contributed by atoms with Gasteiger partial charge in [-0.1, -0.05) is 19.9 Å². The lowest BCUT2D eigenvalue weighted by Gasteiger charge is -2.24. The Labute approximate surface area is 114 Å². The minimum Gasteiger partial charge on any atom is -0.399 e. The Hall–Kier alpha value is -1.11. The van der Waals surface area contributed by atoms with Crippen LogP contribution in [0.2, 0.25) is 0 Å². The van der Waals surface area contributed by atoms with Gasteiger partial charge in [0.2, 0.25) is 10.0 Å². The van der Waals surface area contributed by atoms with Gasteiger partial charge >= 0.3 is 0 Å². The van der Waals surface area contributed by atoms with Crippen LogP contribution in [0, 0.1) is 5.41 Å². The molecule has 19 heavy (non-hydrogen) atoms. The molecule has 0 aromatic heterocycles. The van der Waals surface area contributed by atoms with Gasteiger partial charge in [0.25, 0.3) is 0 Å². The highest BCUT2D eigenvalue weighted by Crippen LogP contribution is 2.22. The zero-order chi connectivity index (χ0) is 14.5. The Morgan fingerprint density at radius 3 is 2.63 bits per heavy atom. The van der Waals surface area contributed by atoms with E-state index < -0.39 is 10.0 Å². The number of nitrogen functional groups attached to an aromatic ring is 1. The van der Waals surface area contributed by atoms with Crippen LogP contribution < -0.4 is 10.5 Å². The summed E-state index contributed by atoms with van der Waals surface area (Å²) < 4.78 is 26.8. The zero-order valence-corrected chi connectivity index (χ0v) is 12.2. The summed E-state index contributed by atoms with van der Waals surface area (Å²) in [7, 11) is -3.53. The quantitative estimate of drug-likeness (QED) is 0.660. The smallest absolute Gasteiger partial charge is 0.240 e. The Kier molecular flexibility index (Phi) is 5.34. The second kappa shape index (κ2) is 6.36. The number of rotatable bonds is 7. The first-order valence-corrected chi connectivity index (χ1v) is 7.71.